The van der Waals surface area contributed by atoms with Gasteiger partial charge in [0, 0.05) is 23.9 Å². The third-order valence-corrected chi connectivity index (χ3v) is 4.31. The van der Waals surface area contributed by atoms with Gasteiger partial charge in [-0.3, -0.25) is 19.7 Å². The number of anilines is 1. The highest BCUT2D eigenvalue weighted by Gasteiger charge is 2.31. The molecule has 8 heteroatoms. The molecule has 0 spiro atoms. The van der Waals surface area contributed by atoms with Gasteiger partial charge in [0.15, 0.2) is 0 Å². The second kappa shape index (κ2) is 7.87. The van der Waals surface area contributed by atoms with Gasteiger partial charge in [-0.2, -0.15) is 0 Å². The number of nitrogens with zero attached hydrogens (tertiary/aromatic N) is 1. The predicted octanol–water partition coefficient (Wildman–Crippen LogP) is 1.56. The fourth-order valence-electron chi connectivity index (χ4n) is 3.02. The summed E-state index contributed by atoms with van der Waals surface area (Å²) in [4.78, 5) is 34.1. The zero-order chi connectivity index (χ0) is 17.7. The first-order valence-corrected chi connectivity index (χ1v) is 7.99. The van der Waals surface area contributed by atoms with Crippen molar-refractivity contribution in [2.45, 2.75) is 44.7 Å². The predicted molar refractivity (Wildman–Crippen MR) is 89.3 cm³/mol. The van der Waals surface area contributed by atoms with E-state index in [-0.39, 0.29) is 29.5 Å². The zero-order valence-electron chi connectivity index (χ0n) is 13.5. The quantitative estimate of drug-likeness (QED) is 0.537. The van der Waals surface area contributed by atoms with E-state index in [4.69, 9.17) is 5.73 Å². The lowest BCUT2D eigenvalue weighted by atomic mass is 9.83. The number of nitro groups is 1. The second-order valence-electron chi connectivity index (χ2n) is 6.08. The molecule has 1 aromatic carbocycles. The van der Waals surface area contributed by atoms with Crippen LogP contribution in [0.1, 0.15) is 32.6 Å². The van der Waals surface area contributed by atoms with Crippen molar-refractivity contribution in [1.82, 2.24) is 5.32 Å². The molecule has 2 rings (SSSR count). The Labute approximate surface area is 139 Å². The van der Waals surface area contributed by atoms with Crippen LogP contribution in [0.25, 0.3) is 0 Å². The standard InChI is InChI=1S/C16H22N4O4/c1-10(18-14-8-3-2-7-13(14)15(17)21)16(22)19-11-5-4-6-12(9-11)20(23)24/h4-6,9-10,13-14,18H,2-3,7-8H2,1H3,(H2,17,21)(H,19,22)/t10-,13+,14+/m0/s1. The summed E-state index contributed by atoms with van der Waals surface area (Å²) >= 11 is 0. The van der Waals surface area contributed by atoms with Crippen LogP contribution in [-0.2, 0) is 9.59 Å². The van der Waals surface area contributed by atoms with E-state index in [0.717, 1.165) is 25.7 Å². The molecule has 130 valence electrons. The van der Waals surface area contributed by atoms with E-state index in [9.17, 15) is 19.7 Å². The van der Waals surface area contributed by atoms with E-state index >= 15 is 0 Å². The van der Waals surface area contributed by atoms with Gasteiger partial charge in [-0.15, -0.1) is 0 Å². The minimum Gasteiger partial charge on any atom is -0.369 e. The number of nitro benzene ring substituents is 1. The van der Waals surface area contributed by atoms with Gasteiger partial charge < -0.3 is 16.4 Å². The first kappa shape index (κ1) is 17.9. The number of hydrogen-bond donors (Lipinski definition) is 3. The molecule has 0 saturated heterocycles. The molecular formula is C16H22N4O4. The minimum absolute atomic E-state index is 0.0884. The van der Waals surface area contributed by atoms with E-state index in [1.54, 1.807) is 13.0 Å². The number of carbonyl (C=O) groups excluding carboxylic acids is 2. The summed E-state index contributed by atoms with van der Waals surface area (Å²) in [6.07, 6.45) is 3.47. The molecule has 24 heavy (non-hydrogen) atoms. The molecule has 4 N–H and O–H groups in total. The highest BCUT2D eigenvalue weighted by Crippen LogP contribution is 2.24. The van der Waals surface area contributed by atoms with Crippen LogP contribution >= 0.6 is 0 Å². The molecule has 1 aliphatic rings. The average Bonchev–Trinajstić information content (AvgIpc) is 2.55. The molecule has 1 fully saturated rings. The lowest BCUT2D eigenvalue weighted by molar-refractivity contribution is -0.384. The maximum Gasteiger partial charge on any atom is 0.271 e. The van der Waals surface area contributed by atoms with Crippen LogP contribution in [0.2, 0.25) is 0 Å². The Morgan fingerprint density at radius 2 is 2.04 bits per heavy atom. The van der Waals surface area contributed by atoms with E-state index in [1.807, 2.05) is 0 Å². The molecule has 0 heterocycles. The Balaban J connectivity index is 1.97. The van der Waals surface area contributed by atoms with Crippen molar-refractivity contribution in [3.05, 3.63) is 34.4 Å². The van der Waals surface area contributed by atoms with Crippen molar-refractivity contribution in [3.63, 3.8) is 0 Å². The van der Waals surface area contributed by atoms with E-state index in [1.165, 1.54) is 18.2 Å². The second-order valence-corrected chi connectivity index (χ2v) is 6.08. The zero-order valence-corrected chi connectivity index (χ0v) is 13.5. The van der Waals surface area contributed by atoms with Crippen LogP contribution in [0.3, 0.4) is 0 Å². The number of nitrogens with one attached hydrogen (secondary N) is 2. The highest BCUT2D eigenvalue weighted by molar-refractivity contribution is 5.94. The number of carbonyl (C=O) groups is 2. The number of benzene rings is 1. The molecule has 0 bridgehead atoms. The van der Waals surface area contributed by atoms with Crippen molar-refractivity contribution < 1.29 is 14.5 Å². The SMILES string of the molecule is C[C@H](N[C@@H]1CCCC[C@H]1C(N)=O)C(=O)Nc1cccc([N+](=O)[O-])c1. The molecule has 8 nitrogen and oxygen atoms in total. The maximum absolute atomic E-state index is 12.3. The fourth-order valence-corrected chi connectivity index (χ4v) is 3.02. The van der Waals surface area contributed by atoms with Crippen molar-refractivity contribution in [1.29, 1.82) is 0 Å². The summed E-state index contributed by atoms with van der Waals surface area (Å²) in [5.41, 5.74) is 5.71. The minimum atomic E-state index is -0.547. The van der Waals surface area contributed by atoms with Crippen LogP contribution in [0.15, 0.2) is 24.3 Å². The molecule has 1 saturated carbocycles. The Hall–Kier alpha value is -2.48. The molecule has 0 aliphatic heterocycles. The summed E-state index contributed by atoms with van der Waals surface area (Å²) in [5.74, 6) is -0.936. The smallest absolute Gasteiger partial charge is 0.271 e. The summed E-state index contributed by atoms with van der Waals surface area (Å²) in [5, 5.41) is 16.6. The van der Waals surface area contributed by atoms with Crippen molar-refractivity contribution in [2.24, 2.45) is 11.7 Å². The molecule has 1 aliphatic carbocycles. The summed E-state index contributed by atoms with van der Waals surface area (Å²) < 4.78 is 0. The Kier molecular flexibility index (Phi) is 5.86. The number of nitrogens with two attached hydrogens (primary N) is 1. The molecule has 0 radical (unpaired) electrons. The molecule has 2 amide bonds. The van der Waals surface area contributed by atoms with Crippen LogP contribution in [0, 0.1) is 16.0 Å². The van der Waals surface area contributed by atoms with Gasteiger partial charge in [-0.05, 0) is 25.8 Å². The largest absolute Gasteiger partial charge is 0.369 e. The van der Waals surface area contributed by atoms with Crippen LogP contribution < -0.4 is 16.4 Å². The highest BCUT2D eigenvalue weighted by atomic mass is 16.6. The Morgan fingerprint density at radius 3 is 2.71 bits per heavy atom. The molecule has 0 aromatic heterocycles. The average molecular weight is 334 g/mol. The fraction of sp³-hybridized carbons (Fsp3) is 0.500. The summed E-state index contributed by atoms with van der Waals surface area (Å²) in [7, 11) is 0. The first-order valence-electron chi connectivity index (χ1n) is 7.99. The van der Waals surface area contributed by atoms with Crippen LogP contribution in [0.5, 0.6) is 0 Å². The molecule has 3 atom stereocenters. The Morgan fingerprint density at radius 1 is 1.33 bits per heavy atom. The lowest BCUT2D eigenvalue weighted by Gasteiger charge is -2.32. The Bertz CT molecular complexity index is 634. The number of rotatable bonds is 6. The first-order chi connectivity index (χ1) is 11.4. The van der Waals surface area contributed by atoms with Gasteiger partial charge in [-0.25, -0.2) is 0 Å². The van der Waals surface area contributed by atoms with Gasteiger partial charge in [0.25, 0.3) is 5.69 Å². The van der Waals surface area contributed by atoms with Crippen molar-refractivity contribution in [2.75, 3.05) is 5.32 Å². The maximum atomic E-state index is 12.3. The van der Waals surface area contributed by atoms with E-state index in [2.05, 4.69) is 10.6 Å². The molecule has 0 unspecified atom stereocenters. The third kappa shape index (κ3) is 4.51. The lowest BCUT2D eigenvalue weighted by Crippen LogP contribution is -2.51. The van der Waals surface area contributed by atoms with Gasteiger partial charge in [-0.1, -0.05) is 18.9 Å². The van der Waals surface area contributed by atoms with Gasteiger partial charge >= 0.3 is 0 Å². The number of primary amides is 1. The van der Waals surface area contributed by atoms with Gasteiger partial charge in [0.05, 0.1) is 16.9 Å². The molecule has 1 aromatic rings. The summed E-state index contributed by atoms with van der Waals surface area (Å²) in [6.45, 7) is 1.69. The van der Waals surface area contributed by atoms with Crippen LogP contribution in [0.4, 0.5) is 11.4 Å². The third-order valence-electron chi connectivity index (χ3n) is 4.31. The molecular weight excluding hydrogens is 312 g/mol. The van der Waals surface area contributed by atoms with E-state index < -0.39 is 11.0 Å². The number of amides is 2. The number of non-ortho nitro benzene ring substituents is 1. The van der Waals surface area contributed by atoms with Crippen molar-refractivity contribution in [3.8, 4) is 0 Å². The number of hydrogen-bond acceptors (Lipinski definition) is 5. The van der Waals surface area contributed by atoms with Crippen molar-refractivity contribution >= 4 is 23.2 Å². The monoisotopic (exact) mass is 334 g/mol. The topological polar surface area (TPSA) is 127 Å². The normalized spacial score (nSPS) is 21.7. The van der Waals surface area contributed by atoms with E-state index in [0.29, 0.717) is 5.69 Å². The van der Waals surface area contributed by atoms with Gasteiger partial charge in [0.2, 0.25) is 11.8 Å². The summed E-state index contributed by atoms with van der Waals surface area (Å²) in [6, 6.07) is 5.09. The van der Waals surface area contributed by atoms with Gasteiger partial charge in [0.1, 0.15) is 0 Å². The van der Waals surface area contributed by atoms with Crippen LogP contribution in [-0.4, -0.2) is 28.8 Å².